The van der Waals surface area contributed by atoms with Crippen molar-refractivity contribution < 1.29 is 72.7 Å². The van der Waals surface area contributed by atoms with Gasteiger partial charge in [0.25, 0.3) is 0 Å². The molecule has 89 heavy (non-hydrogen) atoms. The monoisotopic (exact) mass is 1240 g/mol. The molecule has 24 nitrogen and oxygen atoms in total. The van der Waals surface area contributed by atoms with Gasteiger partial charge in [0.2, 0.25) is 41.4 Å². The Kier molecular flexibility index (Phi) is 30.1. The number of nitrogens with one attached hydrogen (secondary N) is 6. The summed E-state index contributed by atoms with van der Waals surface area (Å²) < 4.78 is 17.7. The second-order valence-corrected chi connectivity index (χ2v) is 23.8. The molecule has 8 amide bonds. The van der Waals surface area contributed by atoms with E-state index in [9.17, 15) is 58.5 Å². The number of methoxy groups -OCH3 is 2. The highest BCUT2D eigenvalue weighted by molar-refractivity contribution is 5.99. The fourth-order valence-corrected chi connectivity index (χ4v) is 11.3. The van der Waals surface area contributed by atoms with E-state index in [-0.39, 0.29) is 49.3 Å². The third-order valence-electron chi connectivity index (χ3n) is 16.7. The average molecular weight is 1240 g/mol. The van der Waals surface area contributed by atoms with Crippen LogP contribution in [0.3, 0.4) is 0 Å². The normalized spacial score (nSPS) is 17.2. The van der Waals surface area contributed by atoms with Crippen LogP contribution in [0.5, 0.6) is 0 Å². The van der Waals surface area contributed by atoms with Gasteiger partial charge in [0.15, 0.2) is 0 Å². The van der Waals surface area contributed by atoms with Crippen molar-refractivity contribution in [3.63, 3.8) is 0 Å². The molecule has 3 aromatic carbocycles. The van der Waals surface area contributed by atoms with Crippen molar-refractivity contribution in [3.8, 4) is 0 Å². The van der Waals surface area contributed by atoms with Gasteiger partial charge in [0.1, 0.15) is 30.8 Å². The number of hydrogen-bond donors (Lipinski definition) is 9. The minimum atomic E-state index is -1.46. The summed E-state index contributed by atoms with van der Waals surface area (Å²) in [5.41, 5.74) is 2.25. The molecule has 1 fully saturated rings. The molecule has 0 saturated carbocycles. The number of rotatable bonds is 35. The van der Waals surface area contributed by atoms with Crippen LogP contribution in [-0.2, 0) is 65.6 Å². The second-order valence-electron chi connectivity index (χ2n) is 23.8. The number of amides is 8. The molecule has 0 bridgehead atoms. The Hall–Kier alpha value is -7.51. The number of carboxylic acids is 1. The van der Waals surface area contributed by atoms with Crippen LogP contribution in [0.15, 0.2) is 84.9 Å². The molecule has 24 heteroatoms. The van der Waals surface area contributed by atoms with Crippen LogP contribution in [0.1, 0.15) is 117 Å². The molecule has 0 radical (unpaired) electrons. The number of likely N-dealkylation sites (tertiary alicyclic amines) is 1. The van der Waals surface area contributed by atoms with E-state index >= 15 is 0 Å². The number of benzene rings is 3. The molecule has 1 heterocycles. The minimum absolute atomic E-state index is 0.0951. The number of carboxylic acid groups (broad SMARTS) is 1. The van der Waals surface area contributed by atoms with Gasteiger partial charge < -0.3 is 71.2 Å². The van der Waals surface area contributed by atoms with Crippen LogP contribution >= 0.6 is 0 Å². The van der Waals surface area contributed by atoms with Crippen molar-refractivity contribution in [2.24, 2.45) is 23.7 Å². The molecular formula is C65H97N9O15. The molecule has 0 aliphatic carbocycles. The zero-order valence-corrected chi connectivity index (χ0v) is 53.9. The Labute approximate surface area is 523 Å². The molecule has 0 spiro atoms. The van der Waals surface area contributed by atoms with Gasteiger partial charge in [0, 0.05) is 47.0 Å². The number of carbonyl (C=O) groups is 9. The zero-order chi connectivity index (χ0) is 66.2. The smallest absolute Gasteiger partial charge is 0.410 e. The van der Waals surface area contributed by atoms with Crippen LogP contribution in [-0.4, -0.2) is 192 Å². The van der Waals surface area contributed by atoms with Crippen molar-refractivity contribution in [1.82, 2.24) is 41.3 Å². The lowest BCUT2D eigenvalue weighted by molar-refractivity contribution is -0.148. The number of anilines is 1. The number of aliphatic hydroxyl groups is 2. The third kappa shape index (κ3) is 21.3. The van der Waals surface area contributed by atoms with Crippen LogP contribution in [0.4, 0.5) is 10.5 Å². The summed E-state index contributed by atoms with van der Waals surface area (Å²) in [5, 5.41) is 46.8. The minimum Gasteiger partial charge on any atom is -0.481 e. The lowest BCUT2D eigenvalue weighted by Gasteiger charge is -2.41. The van der Waals surface area contributed by atoms with Crippen LogP contribution in [0.25, 0.3) is 0 Å². The molecule has 492 valence electrons. The highest BCUT2D eigenvalue weighted by Gasteiger charge is 2.44. The Balaban J connectivity index is 1.39. The molecule has 4 rings (SSSR count). The van der Waals surface area contributed by atoms with Crippen molar-refractivity contribution in [1.29, 1.82) is 0 Å². The standard InChI is InChI=1S/C65H97N9O15/c1-14-40(6)56(51(87-12)35-52(76)74-33-21-26-50(74)58(88-13)41(7)59(80)67-42(8)57(79)45-24-19-16-20-25-45)72(10)64(85)54(38(2)3)71-63(84)55(39(4)5)73(11)65(86)89-37-44-27-29-46(30-28-44)68-60(81)47(31-32-53(77)78)69-62(83)49(36-75)70-61(82)48(66-9)34-43-22-17-15-18-23-43/h15-20,22-25,27-30,38-42,47-51,54-58,66,75,79H,14,21,26,31-37H2,1-13H3,(H,67,80)(H,68,81)(H,69,83)(H,70,82)(H,71,84)(H,77,78)/t40-,41+,42+,47-,48-,49-,50-,51+,54-,55-,56-,57+,58+/m0/s1. The zero-order valence-electron chi connectivity index (χ0n) is 53.9. The van der Waals surface area contributed by atoms with Gasteiger partial charge >= 0.3 is 12.1 Å². The van der Waals surface area contributed by atoms with E-state index in [1.165, 1.54) is 38.3 Å². The molecule has 13 atom stereocenters. The first-order valence-corrected chi connectivity index (χ1v) is 30.6. The Morgan fingerprint density at radius 2 is 1.30 bits per heavy atom. The number of ether oxygens (including phenoxy) is 3. The molecular weight excluding hydrogens is 1150 g/mol. The van der Waals surface area contributed by atoms with Gasteiger partial charge in [0.05, 0.1) is 61.4 Å². The predicted octanol–water partition coefficient (Wildman–Crippen LogP) is 4.17. The van der Waals surface area contributed by atoms with Crippen LogP contribution < -0.4 is 31.9 Å². The number of likely N-dealkylation sites (N-methyl/N-ethyl adjacent to an activating group) is 3. The highest BCUT2D eigenvalue weighted by atomic mass is 16.6. The second kappa shape index (κ2) is 36.2. The highest BCUT2D eigenvalue weighted by Crippen LogP contribution is 2.30. The average Bonchev–Trinajstić information content (AvgIpc) is 2.42. The summed E-state index contributed by atoms with van der Waals surface area (Å²) in [7, 11) is 7.62. The number of hydrogen-bond acceptors (Lipinski definition) is 15. The predicted molar refractivity (Wildman–Crippen MR) is 334 cm³/mol. The van der Waals surface area contributed by atoms with E-state index in [1.807, 2.05) is 62.4 Å². The van der Waals surface area contributed by atoms with E-state index in [2.05, 4.69) is 31.9 Å². The molecule has 1 aliphatic heterocycles. The summed E-state index contributed by atoms with van der Waals surface area (Å²) in [5.74, 6) is -6.85. The summed E-state index contributed by atoms with van der Waals surface area (Å²) in [6, 6.07) is 16.9. The maximum Gasteiger partial charge on any atom is 0.410 e. The van der Waals surface area contributed by atoms with E-state index in [0.717, 1.165) is 10.5 Å². The third-order valence-corrected chi connectivity index (χ3v) is 16.7. The maximum atomic E-state index is 14.8. The van der Waals surface area contributed by atoms with Gasteiger partial charge in [-0.05, 0) is 86.2 Å². The van der Waals surface area contributed by atoms with E-state index in [4.69, 9.17) is 14.2 Å². The Morgan fingerprint density at radius 1 is 0.697 bits per heavy atom. The van der Waals surface area contributed by atoms with Crippen molar-refractivity contribution in [2.45, 2.75) is 174 Å². The molecule has 9 N–H and O–H groups in total. The largest absolute Gasteiger partial charge is 0.481 e. The van der Waals surface area contributed by atoms with Crippen LogP contribution in [0.2, 0.25) is 0 Å². The fraction of sp³-hybridized carbons (Fsp3) is 0.585. The van der Waals surface area contributed by atoms with Gasteiger partial charge in [-0.3, -0.25) is 43.3 Å². The van der Waals surface area contributed by atoms with Crippen molar-refractivity contribution >= 4 is 59.1 Å². The van der Waals surface area contributed by atoms with Crippen LogP contribution in [0, 0.1) is 23.7 Å². The molecule has 1 aliphatic rings. The summed E-state index contributed by atoms with van der Waals surface area (Å²) in [4.78, 5) is 127. The van der Waals surface area contributed by atoms with Crippen molar-refractivity contribution in [2.75, 3.05) is 53.8 Å². The quantitative estimate of drug-likeness (QED) is 0.0399. The number of carbonyl (C=O) groups excluding carboxylic acids is 8. The molecule has 0 unspecified atom stereocenters. The Bertz CT molecular complexity index is 2780. The Morgan fingerprint density at radius 3 is 1.85 bits per heavy atom. The van der Waals surface area contributed by atoms with Gasteiger partial charge in [-0.25, -0.2) is 4.79 Å². The first-order valence-electron chi connectivity index (χ1n) is 30.6. The number of aliphatic carboxylic acids is 1. The summed E-state index contributed by atoms with van der Waals surface area (Å²) in [6.07, 6.45) is -1.98. The van der Waals surface area contributed by atoms with E-state index in [1.54, 1.807) is 84.8 Å². The first-order chi connectivity index (χ1) is 42.2. The summed E-state index contributed by atoms with van der Waals surface area (Å²) in [6.45, 7) is 13.9. The molecule has 1 saturated heterocycles. The lowest BCUT2D eigenvalue weighted by atomic mass is 9.89. The van der Waals surface area contributed by atoms with Gasteiger partial charge in [-0.2, -0.15) is 0 Å². The number of aliphatic hydroxyl groups excluding tert-OH is 2. The summed E-state index contributed by atoms with van der Waals surface area (Å²) >= 11 is 0. The fourth-order valence-electron chi connectivity index (χ4n) is 11.3. The lowest BCUT2D eigenvalue weighted by Crippen LogP contribution is -2.60. The maximum absolute atomic E-state index is 14.8. The van der Waals surface area contributed by atoms with E-state index in [0.29, 0.717) is 36.9 Å². The molecule has 0 aromatic heterocycles. The van der Waals surface area contributed by atoms with Gasteiger partial charge in [-0.1, -0.05) is 128 Å². The van der Waals surface area contributed by atoms with Gasteiger partial charge in [-0.15, -0.1) is 0 Å². The molecule has 3 aromatic rings. The van der Waals surface area contributed by atoms with E-state index < -0.39 is 139 Å². The number of nitrogens with zero attached hydrogens (tertiary/aromatic N) is 3. The first kappa shape index (κ1) is 74.0. The topological polar surface area (TPSA) is 324 Å². The van der Waals surface area contributed by atoms with Crippen molar-refractivity contribution in [3.05, 3.63) is 102 Å². The SMILES string of the molecule is CC[C@H](C)[C@@H]([C@@H](CC(=O)N1CCC[C@H]1[C@H](OC)[C@@H](C)C(=O)N[C@H](C)[C@@H](O)c1ccccc1)OC)N(C)C(=O)[C@@H](NC(=O)[C@H](C(C)C)N(C)C(=O)OCc1ccc(NC(=O)[C@H](CCC(=O)O)NC(=O)[C@H](CO)NC(=O)[C@H](Cc2ccccc2)NC)cc1)C(C)C.